The van der Waals surface area contributed by atoms with Gasteiger partial charge in [-0.05, 0) is 26.2 Å². The molecule has 1 aliphatic heterocycles. The largest absolute Gasteiger partial charge is 0.788 e. The van der Waals surface area contributed by atoms with E-state index >= 15 is 0 Å². The van der Waals surface area contributed by atoms with E-state index in [0.29, 0.717) is 18.8 Å². The van der Waals surface area contributed by atoms with Gasteiger partial charge in [0.05, 0.1) is 16.8 Å². The number of anilines is 2. The maximum absolute atomic E-state index is 12.7. The van der Waals surface area contributed by atoms with Crippen LogP contribution in [-0.2, 0) is 9.84 Å². The van der Waals surface area contributed by atoms with Gasteiger partial charge >= 0.3 is 0 Å². The maximum Gasteiger partial charge on any atom is 0.287 e. The fourth-order valence-electron chi connectivity index (χ4n) is 2.54. The predicted octanol–water partition coefficient (Wildman–Crippen LogP) is 0.435. The molecule has 122 valence electrons. The van der Waals surface area contributed by atoms with Crippen LogP contribution in [0.1, 0.15) is 0 Å². The first-order valence-electron chi connectivity index (χ1n) is 6.90. The third-order valence-corrected chi connectivity index (χ3v) is 5.47. The topological polar surface area (TPSA) is 98.6 Å². The highest BCUT2D eigenvalue weighted by Gasteiger charge is 2.36. The number of fused-ring (bicyclic) bond motifs is 2. The summed E-state index contributed by atoms with van der Waals surface area (Å²) in [4.78, 5) is 15.5. The highest BCUT2D eigenvalue weighted by atomic mass is 32.2. The van der Waals surface area contributed by atoms with Gasteiger partial charge in [0.2, 0.25) is 9.84 Å². The fourth-order valence-corrected chi connectivity index (χ4v) is 4.12. The van der Waals surface area contributed by atoms with Crippen molar-refractivity contribution in [3.05, 3.63) is 46.0 Å². The lowest BCUT2D eigenvalue weighted by Gasteiger charge is -2.33. The Morgan fingerprint density at radius 3 is 2.61 bits per heavy atom. The third-order valence-electron chi connectivity index (χ3n) is 3.67. The number of sulfone groups is 1. The Bertz CT molecular complexity index is 921. The van der Waals surface area contributed by atoms with E-state index < -0.39 is 15.4 Å². The molecule has 0 atom stereocenters. The first kappa shape index (κ1) is 15.5. The molecule has 0 fully saturated rings. The summed E-state index contributed by atoms with van der Waals surface area (Å²) in [6.07, 6.45) is 0.942. The zero-order chi connectivity index (χ0) is 16.8. The van der Waals surface area contributed by atoms with Crippen LogP contribution in [0, 0.1) is 5.21 Å². The molecule has 1 aliphatic rings. The van der Waals surface area contributed by atoms with Gasteiger partial charge in [-0.3, -0.25) is 9.64 Å². The lowest BCUT2D eigenvalue weighted by molar-refractivity contribution is 0.417. The van der Waals surface area contributed by atoms with Crippen LogP contribution in [0.5, 0.6) is 0 Å². The van der Waals surface area contributed by atoms with Crippen molar-refractivity contribution in [3.63, 3.8) is 0 Å². The molecule has 2 heterocycles. The van der Waals surface area contributed by atoms with Crippen LogP contribution in [0.3, 0.4) is 0 Å². The lowest BCUT2D eigenvalue weighted by Crippen LogP contribution is -2.38. The van der Waals surface area contributed by atoms with Crippen molar-refractivity contribution in [3.8, 4) is 0 Å². The van der Waals surface area contributed by atoms with E-state index in [1.807, 2.05) is 19.0 Å². The average Bonchev–Trinajstić information content (AvgIpc) is 2.50. The number of benzene rings is 1. The van der Waals surface area contributed by atoms with Gasteiger partial charge in [0.1, 0.15) is 10.6 Å². The molecule has 0 unspecified atom stereocenters. The molecule has 1 aromatic heterocycles. The standard InChI is InChI=1S/C14H15N4O4S/c1-16(2)7-8-17-10-5-3-4-6-11(10)23(21,22)12-9-15-18(20)14(19)13(12)17/h3-6,9H,7-8H2,1-2H3/q-1. The predicted molar refractivity (Wildman–Crippen MR) is 84.7 cm³/mol. The van der Waals surface area contributed by atoms with Gasteiger partial charge in [-0.2, -0.15) is 5.10 Å². The summed E-state index contributed by atoms with van der Waals surface area (Å²) in [5.41, 5.74) is -0.722. The molecule has 0 saturated heterocycles. The van der Waals surface area contributed by atoms with E-state index in [1.54, 1.807) is 23.1 Å². The van der Waals surface area contributed by atoms with Crippen molar-refractivity contribution in [2.75, 3.05) is 32.1 Å². The van der Waals surface area contributed by atoms with E-state index in [1.165, 1.54) is 6.07 Å². The third kappa shape index (κ3) is 2.37. The van der Waals surface area contributed by atoms with E-state index in [9.17, 15) is 18.4 Å². The van der Waals surface area contributed by atoms with E-state index in [-0.39, 0.29) is 20.3 Å². The second-order valence-electron chi connectivity index (χ2n) is 5.46. The summed E-state index contributed by atoms with van der Waals surface area (Å²) in [5.74, 6) is 0. The number of nitrogens with zero attached hydrogens (tertiary/aromatic N) is 4. The number of rotatable bonds is 3. The van der Waals surface area contributed by atoms with E-state index in [4.69, 9.17) is 0 Å². The molecule has 0 radical (unpaired) electrons. The average molecular weight is 335 g/mol. The van der Waals surface area contributed by atoms with E-state index in [2.05, 4.69) is 5.10 Å². The van der Waals surface area contributed by atoms with Crippen molar-refractivity contribution in [1.82, 2.24) is 14.8 Å². The van der Waals surface area contributed by atoms with Crippen LogP contribution < -0.4 is 10.5 Å². The van der Waals surface area contributed by atoms with Crippen molar-refractivity contribution < 1.29 is 8.42 Å². The van der Waals surface area contributed by atoms with Crippen LogP contribution in [0.4, 0.5) is 11.4 Å². The minimum Gasteiger partial charge on any atom is -0.788 e. The molecular weight excluding hydrogens is 320 g/mol. The van der Waals surface area contributed by atoms with Gasteiger partial charge < -0.3 is 15.0 Å². The summed E-state index contributed by atoms with van der Waals surface area (Å²) in [6.45, 7) is 0.945. The fraction of sp³-hybridized carbons (Fsp3) is 0.286. The molecule has 23 heavy (non-hydrogen) atoms. The number of hydrogen-bond donors (Lipinski definition) is 0. The lowest BCUT2D eigenvalue weighted by atomic mass is 10.2. The molecule has 0 saturated carbocycles. The molecule has 0 N–H and O–H groups in total. The highest BCUT2D eigenvalue weighted by Crippen LogP contribution is 2.41. The Kier molecular flexibility index (Phi) is 3.61. The van der Waals surface area contributed by atoms with Gasteiger partial charge in [-0.1, -0.05) is 12.1 Å². The van der Waals surface area contributed by atoms with Crippen LogP contribution in [0.15, 0.2) is 45.0 Å². The van der Waals surface area contributed by atoms with Gasteiger partial charge in [0.15, 0.2) is 0 Å². The maximum atomic E-state index is 12.7. The molecular formula is C14H15N4O4S-. The first-order chi connectivity index (χ1) is 10.8. The molecule has 0 amide bonds. The van der Waals surface area contributed by atoms with Crippen LogP contribution in [0.2, 0.25) is 0 Å². The summed E-state index contributed by atoms with van der Waals surface area (Å²) < 4.78 is 25.4. The summed E-state index contributed by atoms with van der Waals surface area (Å²) >= 11 is 0. The van der Waals surface area contributed by atoms with Gasteiger partial charge in [0.25, 0.3) is 5.56 Å². The van der Waals surface area contributed by atoms with Crippen LogP contribution >= 0.6 is 0 Å². The Labute approximate surface area is 133 Å². The monoisotopic (exact) mass is 335 g/mol. The normalized spacial score (nSPS) is 15.3. The minimum absolute atomic E-state index is 0.0923. The Morgan fingerprint density at radius 1 is 1.22 bits per heavy atom. The summed E-state index contributed by atoms with van der Waals surface area (Å²) in [5, 5.41) is 14.9. The quantitative estimate of drug-likeness (QED) is 0.802. The SMILES string of the molecule is CN(C)CCN1c2ccccc2S(=O)(=O)c2cnn([O-])c(=O)c21. The van der Waals surface area contributed by atoms with Gasteiger partial charge in [-0.25, -0.2) is 8.42 Å². The zero-order valence-corrected chi connectivity index (χ0v) is 13.4. The van der Waals surface area contributed by atoms with E-state index in [0.717, 1.165) is 6.20 Å². The summed E-state index contributed by atoms with van der Waals surface area (Å²) in [6, 6.07) is 6.42. The molecule has 0 spiro atoms. The molecule has 8 nitrogen and oxygen atoms in total. The Morgan fingerprint density at radius 2 is 1.91 bits per heavy atom. The zero-order valence-electron chi connectivity index (χ0n) is 12.6. The number of para-hydroxylation sites is 1. The van der Waals surface area contributed by atoms with Crippen molar-refractivity contribution in [2.24, 2.45) is 0 Å². The molecule has 0 aliphatic carbocycles. The second kappa shape index (κ2) is 5.36. The number of hydrogen-bond acceptors (Lipinski definition) is 7. The molecule has 9 heteroatoms. The van der Waals surface area contributed by atoms with Gasteiger partial charge in [0, 0.05) is 13.1 Å². The molecule has 2 aromatic rings. The molecule has 1 aromatic carbocycles. The summed E-state index contributed by atoms with van der Waals surface area (Å²) in [7, 11) is -0.148. The van der Waals surface area contributed by atoms with Gasteiger partial charge in [-0.15, -0.1) is 0 Å². The second-order valence-corrected chi connectivity index (χ2v) is 7.35. The molecule has 0 bridgehead atoms. The molecule has 3 rings (SSSR count). The number of aromatic nitrogens is 2. The van der Waals surface area contributed by atoms with Crippen molar-refractivity contribution in [1.29, 1.82) is 0 Å². The van der Waals surface area contributed by atoms with Crippen molar-refractivity contribution in [2.45, 2.75) is 9.79 Å². The highest BCUT2D eigenvalue weighted by molar-refractivity contribution is 7.92. The Hall–Kier alpha value is -2.39. The Balaban J connectivity index is 2.30. The minimum atomic E-state index is -3.88. The van der Waals surface area contributed by atoms with Crippen molar-refractivity contribution >= 4 is 21.2 Å². The smallest absolute Gasteiger partial charge is 0.287 e. The number of likely N-dealkylation sites (N-methyl/N-ethyl adjacent to an activating group) is 1. The van der Waals surface area contributed by atoms with Crippen LogP contribution in [0.25, 0.3) is 0 Å². The van der Waals surface area contributed by atoms with Crippen LogP contribution in [-0.4, -0.2) is 50.4 Å². The first-order valence-corrected chi connectivity index (χ1v) is 8.38.